The van der Waals surface area contributed by atoms with E-state index in [9.17, 15) is 19.2 Å². The van der Waals surface area contributed by atoms with Gasteiger partial charge in [-0.05, 0) is 50.5 Å². The van der Waals surface area contributed by atoms with E-state index >= 15 is 0 Å². The van der Waals surface area contributed by atoms with Gasteiger partial charge < -0.3 is 29.9 Å². The zero-order valence-corrected chi connectivity index (χ0v) is 23.4. The molecule has 10 nitrogen and oxygen atoms in total. The van der Waals surface area contributed by atoms with Gasteiger partial charge >= 0.3 is 12.2 Å². The van der Waals surface area contributed by atoms with E-state index in [0.29, 0.717) is 64.9 Å². The Hall–Kier alpha value is -3.30. The van der Waals surface area contributed by atoms with Gasteiger partial charge in [0, 0.05) is 26.2 Å². The topological polar surface area (TPSA) is 117 Å². The molecule has 4 amide bonds. The van der Waals surface area contributed by atoms with Crippen molar-refractivity contribution in [1.29, 1.82) is 0 Å². The number of carbonyl (C=O) groups excluding carboxylic acids is 4. The first-order valence-electron chi connectivity index (χ1n) is 14.4. The van der Waals surface area contributed by atoms with E-state index in [1.807, 2.05) is 37.3 Å². The molecule has 39 heavy (non-hydrogen) atoms. The number of hydrogen-bond acceptors (Lipinski definition) is 6. The van der Waals surface area contributed by atoms with Crippen LogP contribution in [0.15, 0.2) is 30.3 Å². The summed E-state index contributed by atoms with van der Waals surface area (Å²) >= 11 is 0. The van der Waals surface area contributed by atoms with Gasteiger partial charge in [-0.2, -0.15) is 0 Å². The standard InChI is InChI=1S/C29H44N4O6/c1-3-5-11-21-38-28(37)32-19-15-29(16-20-32)26(35)31-24(25(34)33(29)18-4-2)14-9-10-17-30-27(36)39-22-23-12-7-6-8-13-23/h6-8,12-13,24H,3-5,9-11,14-22H2,1-2H3,(H,30,36)(H,31,35)/t24-/m0/s1. The molecular formula is C29H44N4O6. The summed E-state index contributed by atoms with van der Waals surface area (Å²) in [6.07, 6.45) is 5.46. The summed E-state index contributed by atoms with van der Waals surface area (Å²) in [7, 11) is 0. The van der Waals surface area contributed by atoms with Gasteiger partial charge in [-0.1, -0.05) is 57.0 Å². The molecule has 1 aromatic carbocycles. The molecule has 1 atom stereocenters. The summed E-state index contributed by atoms with van der Waals surface area (Å²) in [5.41, 5.74) is -0.00579. The number of nitrogens with zero attached hydrogens (tertiary/aromatic N) is 2. The molecule has 1 spiro atoms. The lowest BCUT2D eigenvalue weighted by molar-refractivity contribution is -0.161. The fourth-order valence-electron chi connectivity index (χ4n) is 5.22. The van der Waals surface area contributed by atoms with Crippen molar-refractivity contribution in [3.63, 3.8) is 0 Å². The van der Waals surface area contributed by atoms with E-state index in [-0.39, 0.29) is 24.5 Å². The highest BCUT2D eigenvalue weighted by Crippen LogP contribution is 2.34. The molecule has 2 heterocycles. The number of hydrogen-bond donors (Lipinski definition) is 2. The molecule has 2 aliphatic heterocycles. The van der Waals surface area contributed by atoms with Crippen molar-refractivity contribution in [2.24, 2.45) is 0 Å². The molecule has 0 aliphatic carbocycles. The molecule has 2 N–H and O–H groups in total. The Kier molecular flexibility index (Phi) is 11.9. The third-order valence-corrected chi connectivity index (χ3v) is 7.48. The molecule has 10 heteroatoms. The van der Waals surface area contributed by atoms with Crippen molar-refractivity contribution in [2.45, 2.75) is 89.8 Å². The molecule has 0 radical (unpaired) electrons. The number of unbranched alkanes of at least 4 members (excludes halogenated alkanes) is 3. The normalized spacial score (nSPS) is 18.6. The van der Waals surface area contributed by atoms with Crippen molar-refractivity contribution in [3.05, 3.63) is 35.9 Å². The van der Waals surface area contributed by atoms with Crippen LogP contribution in [0.4, 0.5) is 9.59 Å². The van der Waals surface area contributed by atoms with Crippen molar-refractivity contribution in [3.8, 4) is 0 Å². The van der Waals surface area contributed by atoms with Gasteiger partial charge in [0.1, 0.15) is 18.2 Å². The third kappa shape index (κ3) is 8.34. The Labute approximate surface area is 231 Å². The second-order valence-electron chi connectivity index (χ2n) is 10.3. The number of benzene rings is 1. The average molecular weight is 545 g/mol. The average Bonchev–Trinajstić information content (AvgIpc) is 2.95. The smallest absolute Gasteiger partial charge is 0.409 e. The van der Waals surface area contributed by atoms with Gasteiger partial charge in [-0.25, -0.2) is 9.59 Å². The predicted molar refractivity (Wildman–Crippen MR) is 147 cm³/mol. The third-order valence-electron chi connectivity index (χ3n) is 7.48. The van der Waals surface area contributed by atoms with E-state index < -0.39 is 17.7 Å². The van der Waals surface area contributed by atoms with Gasteiger partial charge in [0.25, 0.3) is 0 Å². The fraction of sp³-hybridized carbons (Fsp3) is 0.655. The number of piperidine rings is 1. The first-order valence-corrected chi connectivity index (χ1v) is 14.4. The largest absolute Gasteiger partial charge is 0.449 e. The number of amides is 4. The number of alkyl carbamates (subject to hydrolysis) is 1. The van der Waals surface area contributed by atoms with Crippen molar-refractivity contribution >= 4 is 24.0 Å². The van der Waals surface area contributed by atoms with E-state index in [1.54, 1.807) is 9.80 Å². The maximum Gasteiger partial charge on any atom is 0.409 e. The monoisotopic (exact) mass is 544 g/mol. The van der Waals surface area contributed by atoms with Crippen LogP contribution < -0.4 is 10.6 Å². The summed E-state index contributed by atoms with van der Waals surface area (Å²) < 4.78 is 10.6. The zero-order valence-electron chi connectivity index (χ0n) is 23.4. The molecule has 2 saturated heterocycles. The molecule has 0 bridgehead atoms. The highest BCUT2D eigenvalue weighted by atomic mass is 16.6. The lowest BCUT2D eigenvalue weighted by Crippen LogP contribution is -2.73. The Morgan fingerprint density at radius 1 is 1.00 bits per heavy atom. The molecule has 2 fully saturated rings. The number of carbonyl (C=O) groups is 4. The molecule has 0 unspecified atom stereocenters. The molecule has 216 valence electrons. The molecule has 2 aliphatic rings. The van der Waals surface area contributed by atoms with Crippen LogP contribution in [0.2, 0.25) is 0 Å². The van der Waals surface area contributed by atoms with Crippen LogP contribution >= 0.6 is 0 Å². The SMILES string of the molecule is CCCCCOC(=O)N1CCC2(CC1)C(=O)N[C@@H](CCCCNC(=O)OCc1ccccc1)C(=O)N2CCC. The minimum Gasteiger partial charge on any atom is -0.449 e. The fourth-order valence-corrected chi connectivity index (χ4v) is 5.22. The van der Waals surface area contributed by atoms with Crippen LogP contribution in [-0.2, 0) is 25.7 Å². The lowest BCUT2D eigenvalue weighted by atomic mass is 9.81. The Bertz CT molecular complexity index is 948. The van der Waals surface area contributed by atoms with Crippen LogP contribution in [-0.4, -0.2) is 78.2 Å². The first kappa shape index (κ1) is 30.2. The van der Waals surface area contributed by atoms with Crippen LogP contribution in [0.25, 0.3) is 0 Å². The van der Waals surface area contributed by atoms with Gasteiger partial charge in [-0.3, -0.25) is 9.59 Å². The lowest BCUT2D eigenvalue weighted by Gasteiger charge is -2.51. The van der Waals surface area contributed by atoms with Crippen LogP contribution in [0, 0.1) is 0 Å². The van der Waals surface area contributed by atoms with Gasteiger partial charge in [0.2, 0.25) is 11.8 Å². The van der Waals surface area contributed by atoms with Gasteiger partial charge in [0.05, 0.1) is 6.61 Å². The highest BCUT2D eigenvalue weighted by molar-refractivity contribution is 6.00. The highest BCUT2D eigenvalue weighted by Gasteiger charge is 2.53. The summed E-state index contributed by atoms with van der Waals surface area (Å²) in [5, 5.41) is 5.70. The second-order valence-corrected chi connectivity index (χ2v) is 10.3. The van der Waals surface area contributed by atoms with Gasteiger partial charge in [-0.15, -0.1) is 0 Å². The van der Waals surface area contributed by atoms with Crippen LogP contribution in [0.5, 0.6) is 0 Å². The van der Waals surface area contributed by atoms with E-state index in [0.717, 1.165) is 31.2 Å². The maximum absolute atomic E-state index is 13.5. The van der Waals surface area contributed by atoms with E-state index in [4.69, 9.17) is 9.47 Å². The summed E-state index contributed by atoms with van der Waals surface area (Å²) in [4.78, 5) is 54.6. The molecular weight excluding hydrogens is 500 g/mol. The van der Waals surface area contributed by atoms with E-state index in [1.165, 1.54) is 0 Å². The van der Waals surface area contributed by atoms with Crippen molar-refractivity contribution in [1.82, 2.24) is 20.4 Å². The zero-order chi connectivity index (χ0) is 28.1. The van der Waals surface area contributed by atoms with Crippen LogP contribution in [0.3, 0.4) is 0 Å². The Morgan fingerprint density at radius 2 is 1.74 bits per heavy atom. The van der Waals surface area contributed by atoms with E-state index in [2.05, 4.69) is 17.6 Å². The van der Waals surface area contributed by atoms with Crippen molar-refractivity contribution in [2.75, 3.05) is 32.8 Å². The molecule has 3 rings (SSSR count). The predicted octanol–water partition coefficient (Wildman–Crippen LogP) is 3.98. The number of likely N-dealkylation sites (tertiary alicyclic amines) is 1. The summed E-state index contributed by atoms with van der Waals surface area (Å²) in [6, 6.07) is 8.88. The molecule has 0 saturated carbocycles. The summed E-state index contributed by atoms with van der Waals surface area (Å²) in [6.45, 7) is 6.39. The maximum atomic E-state index is 13.5. The van der Waals surface area contributed by atoms with Crippen molar-refractivity contribution < 1.29 is 28.7 Å². The minimum absolute atomic E-state index is 0.0673. The Balaban J connectivity index is 1.43. The van der Waals surface area contributed by atoms with Gasteiger partial charge in [0.15, 0.2) is 0 Å². The number of rotatable bonds is 13. The van der Waals surface area contributed by atoms with Crippen LogP contribution in [0.1, 0.15) is 77.2 Å². The molecule has 0 aromatic heterocycles. The Morgan fingerprint density at radius 3 is 2.44 bits per heavy atom. The molecule has 1 aromatic rings. The quantitative estimate of drug-likeness (QED) is 0.363. The number of piperazine rings is 1. The summed E-state index contributed by atoms with van der Waals surface area (Å²) in [5.74, 6) is -0.207. The second kappa shape index (κ2) is 15.3. The minimum atomic E-state index is -0.924. The number of ether oxygens (including phenoxy) is 2. The first-order chi connectivity index (χ1) is 18.9. The number of nitrogens with one attached hydrogen (secondary N) is 2.